The van der Waals surface area contributed by atoms with Crippen LogP contribution in [0, 0.1) is 0 Å². The van der Waals surface area contributed by atoms with Crippen LogP contribution in [0.3, 0.4) is 0 Å². The molecular weight excluding hydrogens is 268 g/mol. The number of nitrogens with zero attached hydrogens (tertiary/aromatic N) is 5. The molecule has 0 bridgehead atoms. The molecule has 1 aliphatic rings. The molecule has 4 heterocycles. The summed E-state index contributed by atoms with van der Waals surface area (Å²) in [5, 5.41) is 11.7. The molecule has 21 heavy (non-hydrogen) atoms. The van der Waals surface area contributed by atoms with Crippen molar-refractivity contribution in [2.24, 2.45) is 0 Å². The van der Waals surface area contributed by atoms with Crippen LogP contribution in [0.4, 0.5) is 0 Å². The summed E-state index contributed by atoms with van der Waals surface area (Å²) in [6, 6.07) is 5.90. The second kappa shape index (κ2) is 5.27. The average molecular weight is 284 g/mol. The highest BCUT2D eigenvalue weighted by molar-refractivity contribution is 5.74. The summed E-state index contributed by atoms with van der Waals surface area (Å²) in [7, 11) is 0. The van der Waals surface area contributed by atoms with Gasteiger partial charge >= 0.3 is 0 Å². The van der Waals surface area contributed by atoms with Gasteiger partial charge in [0.05, 0.1) is 23.8 Å². The quantitative estimate of drug-likeness (QED) is 0.766. The molecule has 1 saturated heterocycles. The summed E-state index contributed by atoms with van der Waals surface area (Å²) in [5.74, 6) is 1.25. The number of piperazine rings is 1. The molecule has 0 atom stereocenters. The first-order valence-corrected chi connectivity index (χ1v) is 7.08. The Bertz CT molecular complexity index is 743. The van der Waals surface area contributed by atoms with Crippen LogP contribution in [0.25, 0.3) is 17.0 Å². The number of fused-ring (bicyclic) bond motifs is 1. The lowest BCUT2D eigenvalue weighted by Crippen LogP contribution is -2.43. The van der Waals surface area contributed by atoms with Crippen molar-refractivity contribution in [3.8, 4) is 11.5 Å². The molecule has 7 nitrogen and oxygen atoms in total. The number of pyridine rings is 1. The van der Waals surface area contributed by atoms with E-state index in [2.05, 4.69) is 25.5 Å². The Morgan fingerprint density at radius 2 is 2.14 bits per heavy atom. The van der Waals surface area contributed by atoms with Gasteiger partial charge < -0.3 is 9.84 Å². The molecule has 1 N–H and O–H groups in total. The van der Waals surface area contributed by atoms with Crippen molar-refractivity contribution in [3.05, 3.63) is 36.4 Å². The van der Waals surface area contributed by atoms with Crippen LogP contribution in [0.1, 0.15) is 5.82 Å². The smallest absolute Gasteiger partial charge is 0.261 e. The lowest BCUT2D eigenvalue weighted by Gasteiger charge is -2.25. The Hall–Kier alpha value is -2.25. The van der Waals surface area contributed by atoms with E-state index in [-0.39, 0.29) is 0 Å². The van der Waals surface area contributed by atoms with E-state index in [1.807, 2.05) is 24.4 Å². The molecule has 0 saturated carbocycles. The number of hydrogen-bond acceptors (Lipinski definition) is 6. The Labute approximate surface area is 121 Å². The van der Waals surface area contributed by atoms with Crippen molar-refractivity contribution in [2.45, 2.75) is 6.54 Å². The molecule has 0 spiro atoms. The summed E-state index contributed by atoms with van der Waals surface area (Å²) in [4.78, 5) is 6.82. The fraction of sp³-hybridized carbons (Fsp3) is 0.357. The van der Waals surface area contributed by atoms with E-state index in [0.717, 1.165) is 49.6 Å². The van der Waals surface area contributed by atoms with E-state index < -0.39 is 0 Å². The van der Waals surface area contributed by atoms with E-state index in [1.165, 1.54) is 0 Å². The third-order valence-corrected chi connectivity index (χ3v) is 3.70. The molecule has 108 valence electrons. The fourth-order valence-corrected chi connectivity index (χ4v) is 2.60. The topological polar surface area (TPSA) is 71.5 Å². The zero-order valence-corrected chi connectivity index (χ0v) is 11.6. The van der Waals surface area contributed by atoms with Gasteiger partial charge in [0, 0.05) is 32.4 Å². The Kier molecular flexibility index (Phi) is 3.13. The number of rotatable bonds is 3. The normalized spacial score (nSPS) is 16.6. The minimum atomic E-state index is 0.529. The highest BCUT2D eigenvalue weighted by atomic mass is 16.5. The predicted octanol–water partition coefficient (Wildman–Crippen LogP) is 0.789. The SMILES string of the molecule is c1ccn2ncc(-c3nc(CN4CCNCC4)no3)c2c1. The van der Waals surface area contributed by atoms with Crippen LogP contribution in [-0.2, 0) is 6.54 Å². The third-order valence-electron chi connectivity index (χ3n) is 3.70. The second-order valence-electron chi connectivity index (χ2n) is 5.13. The molecule has 3 aromatic heterocycles. The van der Waals surface area contributed by atoms with Crippen LogP contribution >= 0.6 is 0 Å². The summed E-state index contributed by atoms with van der Waals surface area (Å²) in [5.41, 5.74) is 1.84. The molecule has 7 heteroatoms. The molecule has 0 amide bonds. The van der Waals surface area contributed by atoms with Crippen LogP contribution in [0.5, 0.6) is 0 Å². The van der Waals surface area contributed by atoms with Crippen LogP contribution in [0.2, 0.25) is 0 Å². The van der Waals surface area contributed by atoms with Gasteiger partial charge in [-0.3, -0.25) is 4.90 Å². The van der Waals surface area contributed by atoms with Crippen LogP contribution < -0.4 is 5.32 Å². The van der Waals surface area contributed by atoms with Gasteiger partial charge in [-0.05, 0) is 12.1 Å². The van der Waals surface area contributed by atoms with Crippen LogP contribution in [-0.4, -0.2) is 50.8 Å². The summed E-state index contributed by atoms with van der Waals surface area (Å²) in [6.07, 6.45) is 3.66. The van der Waals surface area contributed by atoms with Crippen molar-refractivity contribution in [1.29, 1.82) is 0 Å². The molecule has 1 aliphatic heterocycles. The van der Waals surface area contributed by atoms with E-state index in [9.17, 15) is 0 Å². The van der Waals surface area contributed by atoms with Gasteiger partial charge in [-0.25, -0.2) is 4.52 Å². The van der Waals surface area contributed by atoms with Gasteiger partial charge in [-0.2, -0.15) is 10.1 Å². The first kappa shape index (κ1) is 12.5. The monoisotopic (exact) mass is 284 g/mol. The maximum absolute atomic E-state index is 5.40. The van der Waals surface area contributed by atoms with Gasteiger partial charge in [-0.15, -0.1) is 0 Å². The van der Waals surface area contributed by atoms with Crippen molar-refractivity contribution in [1.82, 2.24) is 30.0 Å². The molecule has 0 radical (unpaired) electrons. The van der Waals surface area contributed by atoms with Gasteiger partial charge in [-0.1, -0.05) is 11.2 Å². The van der Waals surface area contributed by atoms with E-state index in [0.29, 0.717) is 5.89 Å². The number of nitrogens with one attached hydrogen (secondary N) is 1. The third kappa shape index (κ3) is 2.41. The van der Waals surface area contributed by atoms with Crippen LogP contribution in [0.15, 0.2) is 35.1 Å². The van der Waals surface area contributed by atoms with Crippen molar-refractivity contribution < 1.29 is 4.52 Å². The summed E-state index contributed by atoms with van der Waals surface area (Å²) in [6.45, 7) is 4.78. The average Bonchev–Trinajstić information content (AvgIpc) is 3.14. The van der Waals surface area contributed by atoms with Gasteiger partial charge in [0.25, 0.3) is 5.89 Å². The Morgan fingerprint density at radius 1 is 1.24 bits per heavy atom. The molecular formula is C14H16N6O. The van der Waals surface area contributed by atoms with Crippen molar-refractivity contribution in [3.63, 3.8) is 0 Å². The first-order chi connectivity index (χ1) is 10.4. The lowest BCUT2D eigenvalue weighted by atomic mass is 10.2. The molecule has 0 unspecified atom stereocenters. The highest BCUT2D eigenvalue weighted by Crippen LogP contribution is 2.22. The van der Waals surface area contributed by atoms with Gasteiger partial charge in [0.15, 0.2) is 5.82 Å². The highest BCUT2D eigenvalue weighted by Gasteiger charge is 2.17. The van der Waals surface area contributed by atoms with Gasteiger partial charge in [0.1, 0.15) is 0 Å². The van der Waals surface area contributed by atoms with Gasteiger partial charge in [0.2, 0.25) is 0 Å². The predicted molar refractivity (Wildman–Crippen MR) is 76.6 cm³/mol. The van der Waals surface area contributed by atoms with Crippen molar-refractivity contribution >= 4 is 5.52 Å². The molecule has 0 aromatic carbocycles. The fourth-order valence-electron chi connectivity index (χ4n) is 2.60. The summed E-state index contributed by atoms with van der Waals surface area (Å²) < 4.78 is 7.20. The number of hydrogen-bond donors (Lipinski definition) is 1. The zero-order chi connectivity index (χ0) is 14.1. The second-order valence-corrected chi connectivity index (χ2v) is 5.13. The lowest BCUT2D eigenvalue weighted by molar-refractivity contribution is 0.225. The maximum atomic E-state index is 5.40. The first-order valence-electron chi connectivity index (χ1n) is 7.08. The minimum Gasteiger partial charge on any atom is -0.334 e. The zero-order valence-electron chi connectivity index (χ0n) is 11.6. The van der Waals surface area contributed by atoms with Crippen molar-refractivity contribution in [2.75, 3.05) is 26.2 Å². The molecule has 4 rings (SSSR count). The Balaban J connectivity index is 1.59. The standard InChI is InChI=1S/C14H16N6O/c1-2-6-20-12(3-1)11(9-16-20)14-17-13(18-21-14)10-19-7-4-15-5-8-19/h1-3,6,9,15H,4-5,7-8,10H2. The molecule has 3 aromatic rings. The van der Waals surface area contributed by atoms with E-state index in [4.69, 9.17) is 4.52 Å². The summed E-state index contributed by atoms with van der Waals surface area (Å²) >= 11 is 0. The largest absolute Gasteiger partial charge is 0.334 e. The van der Waals surface area contributed by atoms with E-state index in [1.54, 1.807) is 10.7 Å². The van der Waals surface area contributed by atoms with E-state index >= 15 is 0 Å². The molecule has 0 aliphatic carbocycles. The Morgan fingerprint density at radius 3 is 3.05 bits per heavy atom. The number of aromatic nitrogens is 4. The minimum absolute atomic E-state index is 0.529. The maximum Gasteiger partial charge on any atom is 0.261 e. The molecule has 1 fully saturated rings.